The zero-order valence-electron chi connectivity index (χ0n) is 10.5. The Bertz CT molecular complexity index is 445. The van der Waals surface area contributed by atoms with Crippen molar-refractivity contribution in [3.05, 3.63) is 29.8 Å². The van der Waals surface area contributed by atoms with Gasteiger partial charge in [-0.3, -0.25) is 4.79 Å². The molecule has 110 valence electrons. The van der Waals surface area contributed by atoms with Crippen LogP contribution >= 0.6 is 0 Å². The Labute approximate surface area is 115 Å². The number of aldehydes is 1. The Balaban J connectivity index is 2.08. The Hall–Kier alpha value is -1.51. The summed E-state index contributed by atoms with van der Waals surface area (Å²) in [5.74, 6) is 0.319. The van der Waals surface area contributed by atoms with Crippen molar-refractivity contribution in [2.45, 2.75) is 30.7 Å². The Morgan fingerprint density at radius 3 is 2.30 bits per heavy atom. The van der Waals surface area contributed by atoms with Gasteiger partial charge in [0, 0.05) is 5.56 Å². The molecule has 0 aromatic heterocycles. The minimum absolute atomic E-state index is 0.319. The van der Waals surface area contributed by atoms with Crippen molar-refractivity contribution in [3.63, 3.8) is 0 Å². The number of aliphatic hydroxyl groups excluding tert-OH is 4. The Morgan fingerprint density at radius 2 is 1.75 bits per heavy atom. The molecule has 1 aromatic rings. The van der Waals surface area contributed by atoms with Crippen LogP contribution in [0.4, 0.5) is 0 Å². The lowest BCUT2D eigenvalue weighted by atomic mass is 9.99. The molecular formula is C13H16O7. The highest BCUT2D eigenvalue weighted by molar-refractivity contribution is 5.74. The number of aliphatic hydroxyl groups is 4. The van der Waals surface area contributed by atoms with E-state index in [2.05, 4.69) is 0 Å². The van der Waals surface area contributed by atoms with Crippen molar-refractivity contribution in [1.29, 1.82) is 0 Å². The molecule has 1 aliphatic rings. The van der Waals surface area contributed by atoms with Gasteiger partial charge in [-0.05, 0) is 24.3 Å². The monoisotopic (exact) mass is 284 g/mol. The molecule has 0 saturated carbocycles. The fourth-order valence-corrected chi connectivity index (χ4v) is 1.92. The number of rotatable bonds is 4. The molecule has 7 heteroatoms. The highest BCUT2D eigenvalue weighted by Gasteiger charge is 2.44. The summed E-state index contributed by atoms with van der Waals surface area (Å²) >= 11 is 0. The molecule has 0 amide bonds. The molecule has 20 heavy (non-hydrogen) atoms. The third kappa shape index (κ3) is 2.97. The topological polar surface area (TPSA) is 116 Å². The number of benzene rings is 1. The molecule has 1 fully saturated rings. The summed E-state index contributed by atoms with van der Waals surface area (Å²) in [5.41, 5.74) is 0.464. The first-order valence-electron chi connectivity index (χ1n) is 6.09. The minimum Gasteiger partial charge on any atom is -0.462 e. The summed E-state index contributed by atoms with van der Waals surface area (Å²) in [6.45, 7) is -0.519. The number of ether oxygens (including phenoxy) is 2. The van der Waals surface area contributed by atoms with Crippen molar-refractivity contribution in [2.75, 3.05) is 6.61 Å². The van der Waals surface area contributed by atoms with Crippen LogP contribution in [0, 0.1) is 0 Å². The molecule has 0 bridgehead atoms. The maximum Gasteiger partial charge on any atom is 0.229 e. The van der Waals surface area contributed by atoms with E-state index in [0.717, 1.165) is 0 Å². The van der Waals surface area contributed by atoms with Crippen LogP contribution in [0.5, 0.6) is 5.75 Å². The molecule has 2 unspecified atom stereocenters. The number of hydrogen-bond acceptors (Lipinski definition) is 7. The molecule has 1 heterocycles. The fourth-order valence-electron chi connectivity index (χ4n) is 1.92. The molecule has 1 saturated heterocycles. The van der Waals surface area contributed by atoms with Gasteiger partial charge in [0.2, 0.25) is 6.29 Å². The van der Waals surface area contributed by atoms with Crippen LogP contribution < -0.4 is 4.74 Å². The quantitative estimate of drug-likeness (QED) is 0.507. The van der Waals surface area contributed by atoms with Crippen molar-refractivity contribution < 1.29 is 34.7 Å². The highest BCUT2D eigenvalue weighted by atomic mass is 16.7. The fraction of sp³-hybridized carbons (Fsp3) is 0.462. The van der Waals surface area contributed by atoms with Crippen LogP contribution in [0.15, 0.2) is 24.3 Å². The minimum atomic E-state index is -1.49. The number of hydrogen-bond donors (Lipinski definition) is 4. The summed E-state index contributed by atoms with van der Waals surface area (Å²) in [6.07, 6.45) is -5.94. The van der Waals surface area contributed by atoms with E-state index in [-0.39, 0.29) is 0 Å². The lowest BCUT2D eigenvalue weighted by Crippen LogP contribution is -2.60. The number of carbonyl (C=O) groups excluding carboxylic acids is 1. The van der Waals surface area contributed by atoms with Gasteiger partial charge in [-0.2, -0.15) is 0 Å². The predicted octanol–water partition coefficient (Wildman–Crippen LogP) is -1.32. The predicted molar refractivity (Wildman–Crippen MR) is 66.2 cm³/mol. The smallest absolute Gasteiger partial charge is 0.229 e. The molecule has 0 aliphatic carbocycles. The maximum absolute atomic E-state index is 10.5. The summed E-state index contributed by atoms with van der Waals surface area (Å²) in [5, 5.41) is 38.1. The van der Waals surface area contributed by atoms with Crippen LogP contribution in [0.2, 0.25) is 0 Å². The van der Waals surface area contributed by atoms with Crippen molar-refractivity contribution >= 4 is 6.29 Å². The van der Waals surface area contributed by atoms with Crippen LogP contribution in [0.3, 0.4) is 0 Å². The van der Waals surface area contributed by atoms with Gasteiger partial charge in [-0.1, -0.05) is 0 Å². The molecule has 0 radical (unpaired) electrons. The van der Waals surface area contributed by atoms with E-state index in [9.17, 15) is 20.1 Å². The summed E-state index contributed by atoms with van der Waals surface area (Å²) in [4.78, 5) is 10.5. The average molecular weight is 284 g/mol. The molecular weight excluding hydrogens is 268 g/mol. The van der Waals surface area contributed by atoms with Crippen LogP contribution in [-0.2, 0) is 4.74 Å². The van der Waals surface area contributed by atoms with Crippen molar-refractivity contribution in [1.82, 2.24) is 0 Å². The van der Waals surface area contributed by atoms with Gasteiger partial charge in [-0.25, -0.2) is 0 Å². The third-order valence-electron chi connectivity index (χ3n) is 3.12. The highest BCUT2D eigenvalue weighted by Crippen LogP contribution is 2.24. The second kappa shape index (κ2) is 6.29. The largest absolute Gasteiger partial charge is 0.462 e. The molecule has 1 aliphatic heterocycles. The first-order valence-corrected chi connectivity index (χ1v) is 6.09. The molecule has 4 N–H and O–H groups in total. The van der Waals surface area contributed by atoms with Crippen molar-refractivity contribution in [2.24, 2.45) is 0 Å². The van der Waals surface area contributed by atoms with Crippen LogP contribution in [0.25, 0.3) is 0 Å². The zero-order valence-corrected chi connectivity index (χ0v) is 10.5. The van der Waals surface area contributed by atoms with Gasteiger partial charge >= 0.3 is 0 Å². The van der Waals surface area contributed by atoms with Crippen molar-refractivity contribution in [3.8, 4) is 5.75 Å². The third-order valence-corrected chi connectivity index (χ3v) is 3.12. The summed E-state index contributed by atoms with van der Waals surface area (Å²) in [6, 6.07) is 6.05. The second-order valence-electron chi connectivity index (χ2n) is 4.50. The average Bonchev–Trinajstić information content (AvgIpc) is 2.48. The van der Waals surface area contributed by atoms with E-state index in [0.29, 0.717) is 17.6 Å². The van der Waals surface area contributed by atoms with Gasteiger partial charge in [0.1, 0.15) is 36.5 Å². The van der Waals surface area contributed by atoms with E-state index >= 15 is 0 Å². The van der Waals surface area contributed by atoms with Gasteiger partial charge in [-0.15, -0.1) is 0 Å². The maximum atomic E-state index is 10.5. The zero-order chi connectivity index (χ0) is 14.7. The van der Waals surface area contributed by atoms with Gasteiger partial charge < -0.3 is 29.9 Å². The molecule has 5 atom stereocenters. The van der Waals surface area contributed by atoms with E-state index < -0.39 is 37.3 Å². The van der Waals surface area contributed by atoms with Crippen LogP contribution in [0.1, 0.15) is 10.4 Å². The van der Waals surface area contributed by atoms with E-state index in [1.165, 1.54) is 24.3 Å². The second-order valence-corrected chi connectivity index (χ2v) is 4.50. The Kier molecular flexibility index (Phi) is 4.69. The molecule has 1 aromatic carbocycles. The van der Waals surface area contributed by atoms with Gasteiger partial charge in [0.15, 0.2) is 0 Å². The number of carbonyl (C=O) groups is 1. The van der Waals surface area contributed by atoms with Gasteiger partial charge in [0.05, 0.1) is 6.61 Å². The van der Waals surface area contributed by atoms with E-state index in [1.807, 2.05) is 0 Å². The van der Waals surface area contributed by atoms with E-state index in [1.54, 1.807) is 0 Å². The first kappa shape index (κ1) is 14.9. The van der Waals surface area contributed by atoms with E-state index in [4.69, 9.17) is 14.6 Å². The molecule has 7 nitrogen and oxygen atoms in total. The normalized spacial score (nSPS) is 33.7. The SMILES string of the molecule is O=Cc1ccc(O[C@@H]2O[C@H](CO)C(O)C(O)[C@H]2O)cc1. The summed E-state index contributed by atoms with van der Waals surface area (Å²) < 4.78 is 10.5. The molecule has 2 rings (SSSR count). The summed E-state index contributed by atoms with van der Waals surface area (Å²) in [7, 11) is 0. The lowest BCUT2D eigenvalue weighted by Gasteiger charge is -2.39. The lowest BCUT2D eigenvalue weighted by molar-refractivity contribution is -0.277. The Morgan fingerprint density at radius 1 is 1.10 bits per heavy atom. The molecule has 0 spiro atoms. The first-order chi connectivity index (χ1) is 9.56. The standard InChI is InChI=1S/C13H16O7/c14-5-7-1-3-8(4-2-7)19-13-12(18)11(17)10(16)9(6-15)20-13/h1-5,9-13,15-18H,6H2/t9-,10?,11?,12-,13-/m1/s1. The van der Waals surface area contributed by atoms with Gasteiger partial charge in [0.25, 0.3) is 0 Å². The van der Waals surface area contributed by atoms with Crippen LogP contribution in [-0.4, -0.2) is 64.0 Å².